The molecule has 1 saturated carbocycles. The third-order valence-electron chi connectivity index (χ3n) is 3.88. The maximum absolute atomic E-state index is 12.5. The molecule has 0 atom stereocenters. The maximum Gasteiger partial charge on any atom is 0.272 e. The summed E-state index contributed by atoms with van der Waals surface area (Å²) in [4.78, 5) is 19.6. The van der Waals surface area contributed by atoms with Crippen LogP contribution in [-0.2, 0) is 0 Å². The summed E-state index contributed by atoms with van der Waals surface area (Å²) in [6.07, 6.45) is 7.70. The molecule has 2 N–H and O–H groups in total. The van der Waals surface area contributed by atoms with E-state index >= 15 is 0 Å². The van der Waals surface area contributed by atoms with Crippen LogP contribution in [-0.4, -0.2) is 20.4 Å². The second-order valence-corrected chi connectivity index (χ2v) is 5.53. The first-order valence-corrected chi connectivity index (χ1v) is 7.38. The van der Waals surface area contributed by atoms with E-state index < -0.39 is 0 Å². The average molecular weight is 292 g/mol. The molecule has 22 heavy (non-hydrogen) atoms. The summed E-state index contributed by atoms with van der Waals surface area (Å²) in [5.74, 6) is -0.0707. The molecule has 4 rings (SSSR count). The van der Waals surface area contributed by atoms with Gasteiger partial charge in [0.15, 0.2) is 0 Å². The molecule has 2 aromatic heterocycles. The Morgan fingerprint density at radius 3 is 2.95 bits per heavy atom. The molecule has 1 aliphatic rings. The SMILES string of the molecule is O=C(Nc1cccc(-c2cnc[nH]2)c1)c1cccn1C1CC1. The highest BCUT2D eigenvalue weighted by Crippen LogP contribution is 2.36. The van der Waals surface area contributed by atoms with Crippen LogP contribution in [0.5, 0.6) is 0 Å². The van der Waals surface area contributed by atoms with Gasteiger partial charge >= 0.3 is 0 Å². The molecule has 0 aliphatic heterocycles. The van der Waals surface area contributed by atoms with Crippen molar-refractivity contribution < 1.29 is 4.79 Å². The van der Waals surface area contributed by atoms with Gasteiger partial charge in [0, 0.05) is 23.5 Å². The van der Waals surface area contributed by atoms with Crippen molar-refractivity contribution in [2.45, 2.75) is 18.9 Å². The van der Waals surface area contributed by atoms with Crippen molar-refractivity contribution in [1.29, 1.82) is 0 Å². The first-order chi connectivity index (χ1) is 10.8. The van der Waals surface area contributed by atoms with Crippen LogP contribution in [0.25, 0.3) is 11.3 Å². The molecule has 1 aromatic carbocycles. The first-order valence-electron chi connectivity index (χ1n) is 7.38. The second-order valence-electron chi connectivity index (χ2n) is 5.53. The molecule has 5 heteroatoms. The van der Waals surface area contributed by atoms with E-state index in [1.165, 1.54) is 0 Å². The molecule has 0 unspecified atom stereocenters. The van der Waals surface area contributed by atoms with Gasteiger partial charge in [-0.05, 0) is 37.1 Å². The van der Waals surface area contributed by atoms with Gasteiger partial charge in [-0.2, -0.15) is 0 Å². The minimum atomic E-state index is -0.0707. The number of rotatable bonds is 4. The highest BCUT2D eigenvalue weighted by molar-refractivity contribution is 6.03. The second kappa shape index (κ2) is 5.18. The maximum atomic E-state index is 12.5. The van der Waals surface area contributed by atoms with E-state index in [0.29, 0.717) is 6.04 Å². The van der Waals surface area contributed by atoms with Crippen LogP contribution in [0.1, 0.15) is 29.4 Å². The lowest BCUT2D eigenvalue weighted by Crippen LogP contribution is -2.16. The molecular weight excluding hydrogens is 276 g/mol. The number of hydrogen-bond acceptors (Lipinski definition) is 2. The number of carbonyl (C=O) groups excluding carboxylic acids is 1. The summed E-state index contributed by atoms with van der Waals surface area (Å²) in [6, 6.07) is 12.0. The lowest BCUT2D eigenvalue weighted by Gasteiger charge is -2.09. The molecule has 0 radical (unpaired) electrons. The number of hydrogen-bond donors (Lipinski definition) is 2. The number of nitrogens with zero attached hydrogens (tertiary/aromatic N) is 2. The van der Waals surface area contributed by atoms with Crippen LogP contribution in [0.2, 0.25) is 0 Å². The van der Waals surface area contributed by atoms with Crippen LogP contribution >= 0.6 is 0 Å². The number of carbonyl (C=O) groups is 1. The zero-order valence-electron chi connectivity index (χ0n) is 12.0. The van der Waals surface area contributed by atoms with Crippen molar-refractivity contribution in [2.75, 3.05) is 5.32 Å². The fraction of sp³-hybridized carbons (Fsp3) is 0.176. The number of nitrogens with one attached hydrogen (secondary N) is 2. The minimum absolute atomic E-state index is 0.0707. The molecule has 0 saturated heterocycles. The molecule has 5 nitrogen and oxygen atoms in total. The smallest absolute Gasteiger partial charge is 0.272 e. The normalized spacial score (nSPS) is 14.0. The number of imidazole rings is 1. The fourth-order valence-corrected chi connectivity index (χ4v) is 2.63. The van der Waals surface area contributed by atoms with E-state index in [1.54, 1.807) is 12.5 Å². The Hall–Kier alpha value is -2.82. The molecule has 1 aliphatic carbocycles. The van der Waals surface area contributed by atoms with Crippen LogP contribution < -0.4 is 5.32 Å². The zero-order valence-corrected chi connectivity index (χ0v) is 12.0. The number of benzene rings is 1. The summed E-state index contributed by atoms with van der Waals surface area (Å²) in [7, 11) is 0. The summed E-state index contributed by atoms with van der Waals surface area (Å²) < 4.78 is 2.06. The van der Waals surface area contributed by atoms with E-state index in [0.717, 1.165) is 35.5 Å². The van der Waals surface area contributed by atoms with Crippen LogP contribution in [0.4, 0.5) is 5.69 Å². The summed E-state index contributed by atoms with van der Waals surface area (Å²) >= 11 is 0. The van der Waals surface area contributed by atoms with Crippen molar-refractivity contribution in [3.8, 4) is 11.3 Å². The Morgan fingerprint density at radius 2 is 2.18 bits per heavy atom. The van der Waals surface area contributed by atoms with Gasteiger partial charge < -0.3 is 14.9 Å². The topological polar surface area (TPSA) is 62.7 Å². The summed E-state index contributed by atoms with van der Waals surface area (Å²) in [5, 5.41) is 2.98. The number of aromatic amines is 1. The van der Waals surface area contributed by atoms with E-state index in [9.17, 15) is 4.79 Å². The number of amides is 1. The van der Waals surface area contributed by atoms with Crippen LogP contribution in [0.15, 0.2) is 55.1 Å². The van der Waals surface area contributed by atoms with E-state index in [4.69, 9.17) is 0 Å². The lowest BCUT2D eigenvalue weighted by molar-refractivity contribution is 0.101. The van der Waals surface area contributed by atoms with Crippen LogP contribution in [0, 0.1) is 0 Å². The molecule has 3 aromatic rings. The van der Waals surface area contributed by atoms with Crippen molar-refractivity contribution in [1.82, 2.24) is 14.5 Å². The monoisotopic (exact) mass is 292 g/mol. The molecule has 110 valence electrons. The third-order valence-corrected chi connectivity index (χ3v) is 3.88. The molecular formula is C17H16N4O. The van der Waals surface area contributed by atoms with Gasteiger partial charge in [0.25, 0.3) is 5.91 Å². The van der Waals surface area contributed by atoms with Gasteiger partial charge in [-0.3, -0.25) is 4.79 Å². The van der Waals surface area contributed by atoms with E-state index in [1.807, 2.05) is 42.6 Å². The Labute approximate surface area is 128 Å². The zero-order chi connectivity index (χ0) is 14.9. The molecule has 0 spiro atoms. The Bertz CT molecular complexity index is 800. The highest BCUT2D eigenvalue weighted by atomic mass is 16.1. The average Bonchev–Trinajstić information content (AvgIpc) is 3.05. The Morgan fingerprint density at radius 1 is 1.27 bits per heavy atom. The Balaban J connectivity index is 1.57. The predicted molar refractivity (Wildman–Crippen MR) is 84.7 cm³/mol. The van der Waals surface area contributed by atoms with Crippen LogP contribution in [0.3, 0.4) is 0 Å². The van der Waals surface area contributed by atoms with Gasteiger partial charge in [0.05, 0.1) is 18.2 Å². The van der Waals surface area contributed by atoms with Gasteiger partial charge in [-0.15, -0.1) is 0 Å². The summed E-state index contributed by atoms with van der Waals surface area (Å²) in [5.41, 5.74) is 3.42. The van der Waals surface area contributed by atoms with Crippen molar-refractivity contribution in [2.24, 2.45) is 0 Å². The molecule has 0 bridgehead atoms. The van der Waals surface area contributed by atoms with Gasteiger partial charge in [0.1, 0.15) is 5.69 Å². The van der Waals surface area contributed by atoms with Crippen molar-refractivity contribution in [3.05, 3.63) is 60.8 Å². The number of H-pyrrole nitrogens is 1. The van der Waals surface area contributed by atoms with Crippen molar-refractivity contribution >= 4 is 11.6 Å². The fourth-order valence-electron chi connectivity index (χ4n) is 2.63. The van der Waals surface area contributed by atoms with E-state index in [2.05, 4.69) is 19.9 Å². The molecule has 2 heterocycles. The lowest BCUT2D eigenvalue weighted by atomic mass is 10.1. The van der Waals surface area contributed by atoms with Crippen molar-refractivity contribution in [3.63, 3.8) is 0 Å². The standard InChI is InChI=1S/C17H16N4O/c22-17(16-5-2-8-21(16)14-6-7-14)20-13-4-1-3-12(9-13)15-10-18-11-19-15/h1-5,8-11,14H,6-7H2,(H,18,19)(H,20,22). The quantitative estimate of drug-likeness (QED) is 0.773. The largest absolute Gasteiger partial charge is 0.345 e. The third kappa shape index (κ3) is 2.41. The number of anilines is 1. The molecule has 1 fully saturated rings. The minimum Gasteiger partial charge on any atom is -0.345 e. The van der Waals surface area contributed by atoms with Gasteiger partial charge in [0.2, 0.25) is 0 Å². The first kappa shape index (κ1) is 12.9. The van der Waals surface area contributed by atoms with Gasteiger partial charge in [-0.1, -0.05) is 12.1 Å². The summed E-state index contributed by atoms with van der Waals surface area (Å²) in [6.45, 7) is 0. The van der Waals surface area contributed by atoms with Gasteiger partial charge in [-0.25, -0.2) is 4.98 Å². The Kier molecular flexibility index (Phi) is 3.04. The molecule has 1 amide bonds. The number of aromatic nitrogens is 3. The predicted octanol–water partition coefficient (Wildman–Crippen LogP) is 3.47. The van der Waals surface area contributed by atoms with E-state index in [-0.39, 0.29) is 5.91 Å². The highest BCUT2D eigenvalue weighted by Gasteiger charge is 2.26.